The summed E-state index contributed by atoms with van der Waals surface area (Å²) in [4.78, 5) is 13.5. The van der Waals surface area contributed by atoms with Crippen molar-refractivity contribution in [3.05, 3.63) is 59.2 Å². The lowest BCUT2D eigenvalue weighted by atomic mass is 10.1. The number of hydrogen-bond donors (Lipinski definition) is 1. The number of benzene rings is 2. The summed E-state index contributed by atoms with van der Waals surface area (Å²) in [6, 6.07) is 9.97. The first-order valence-corrected chi connectivity index (χ1v) is 7.70. The molecule has 0 saturated heterocycles. The van der Waals surface area contributed by atoms with Crippen molar-refractivity contribution in [3.63, 3.8) is 0 Å². The molecule has 0 aliphatic carbocycles. The van der Waals surface area contributed by atoms with Crippen molar-refractivity contribution < 1.29 is 27.8 Å². The molecule has 1 heterocycles. The fraction of sp³-hybridized carbons (Fsp3) is 0.278. The van der Waals surface area contributed by atoms with Crippen molar-refractivity contribution in [2.24, 2.45) is 0 Å². The van der Waals surface area contributed by atoms with Crippen LogP contribution in [0, 0.1) is 0 Å². The van der Waals surface area contributed by atoms with Gasteiger partial charge in [0, 0.05) is 12.1 Å². The van der Waals surface area contributed by atoms with E-state index < -0.39 is 24.1 Å². The van der Waals surface area contributed by atoms with Gasteiger partial charge in [0.1, 0.15) is 19.0 Å². The molecule has 0 aromatic heterocycles. The molecule has 1 aliphatic rings. The second-order valence-electron chi connectivity index (χ2n) is 5.73. The normalized spacial score (nSPS) is 14.0. The van der Waals surface area contributed by atoms with Gasteiger partial charge >= 0.3 is 6.18 Å². The molecule has 0 atom stereocenters. The molecule has 0 fully saturated rings. The topological polar surface area (TPSA) is 49.8 Å². The minimum absolute atomic E-state index is 0.261. The molecule has 0 saturated carbocycles. The van der Waals surface area contributed by atoms with Crippen LogP contribution in [0.15, 0.2) is 42.5 Å². The summed E-state index contributed by atoms with van der Waals surface area (Å²) in [7, 11) is 0. The van der Waals surface area contributed by atoms with Gasteiger partial charge in [-0.2, -0.15) is 13.2 Å². The Balaban J connectivity index is 1.89. The summed E-state index contributed by atoms with van der Waals surface area (Å²) in [5.74, 6) is 0.139. The average Bonchev–Trinajstić information content (AvgIpc) is 2.60. The van der Waals surface area contributed by atoms with Crippen molar-refractivity contribution in [2.75, 3.05) is 24.7 Å². The Hall–Kier alpha value is -2.54. The molecule has 0 unspecified atom stereocenters. The number of aliphatic hydroxyl groups is 1. The van der Waals surface area contributed by atoms with Gasteiger partial charge in [-0.3, -0.25) is 4.79 Å². The number of ether oxygens (including phenoxy) is 1. The number of rotatable bonds is 4. The predicted octanol–water partition coefficient (Wildman–Crippen LogP) is 3.28. The van der Waals surface area contributed by atoms with E-state index in [0.29, 0.717) is 35.7 Å². The Morgan fingerprint density at radius 1 is 1.20 bits per heavy atom. The van der Waals surface area contributed by atoms with Crippen molar-refractivity contribution >= 4 is 11.5 Å². The first-order chi connectivity index (χ1) is 11.9. The van der Waals surface area contributed by atoms with Gasteiger partial charge in [0.15, 0.2) is 5.78 Å². The highest BCUT2D eigenvalue weighted by atomic mass is 19.4. The average molecular weight is 351 g/mol. The van der Waals surface area contributed by atoms with Crippen LogP contribution in [-0.4, -0.2) is 30.6 Å². The number of fused-ring (bicyclic) bond motifs is 1. The zero-order valence-corrected chi connectivity index (χ0v) is 13.2. The molecule has 132 valence electrons. The van der Waals surface area contributed by atoms with Crippen molar-refractivity contribution in [1.82, 2.24) is 0 Å². The molecule has 0 radical (unpaired) electrons. The van der Waals surface area contributed by atoms with Crippen LogP contribution >= 0.6 is 0 Å². The summed E-state index contributed by atoms with van der Waals surface area (Å²) in [5, 5.41) is 9.00. The molecular formula is C18H16F3NO3. The molecule has 0 amide bonds. The number of carbonyl (C=O) groups excluding carboxylic acids is 1. The molecule has 0 spiro atoms. The smallest absolute Gasteiger partial charge is 0.416 e. The number of carbonyl (C=O) groups is 1. The fourth-order valence-corrected chi connectivity index (χ4v) is 2.77. The predicted molar refractivity (Wildman–Crippen MR) is 85.8 cm³/mol. The highest BCUT2D eigenvalue weighted by molar-refractivity contribution is 5.98. The van der Waals surface area contributed by atoms with Gasteiger partial charge in [0.05, 0.1) is 17.8 Å². The Morgan fingerprint density at radius 2 is 2.00 bits per heavy atom. The zero-order chi connectivity index (χ0) is 18.0. The molecule has 7 heteroatoms. The summed E-state index contributed by atoms with van der Waals surface area (Å²) >= 11 is 0. The van der Waals surface area contributed by atoms with Crippen LogP contribution in [0.3, 0.4) is 0 Å². The van der Waals surface area contributed by atoms with Crippen molar-refractivity contribution in [2.45, 2.75) is 12.7 Å². The SMILES string of the molecule is O=C(CO)c1ccc2c(c1)N(Cc1cccc(C(F)(F)F)c1)CCO2. The van der Waals surface area contributed by atoms with Crippen molar-refractivity contribution in [1.29, 1.82) is 0 Å². The van der Waals surface area contributed by atoms with E-state index in [0.717, 1.165) is 12.1 Å². The van der Waals surface area contributed by atoms with Gasteiger partial charge < -0.3 is 14.7 Å². The molecule has 4 nitrogen and oxygen atoms in total. The molecule has 2 aromatic rings. The van der Waals surface area contributed by atoms with Crippen molar-refractivity contribution in [3.8, 4) is 5.75 Å². The van der Waals surface area contributed by atoms with Crippen LogP contribution in [0.4, 0.5) is 18.9 Å². The number of ketones is 1. The third-order valence-corrected chi connectivity index (χ3v) is 4.01. The van der Waals surface area contributed by atoms with Crippen LogP contribution in [0.5, 0.6) is 5.75 Å². The highest BCUT2D eigenvalue weighted by Gasteiger charge is 2.30. The zero-order valence-electron chi connectivity index (χ0n) is 13.2. The molecule has 0 bridgehead atoms. The van der Waals surface area contributed by atoms with E-state index >= 15 is 0 Å². The summed E-state index contributed by atoms with van der Waals surface area (Å²) in [6.45, 7) is 0.545. The third kappa shape index (κ3) is 3.76. The molecule has 1 aliphatic heterocycles. The third-order valence-electron chi connectivity index (χ3n) is 4.01. The molecule has 1 N–H and O–H groups in total. The number of Topliss-reactive ketones (excluding diaryl/α,β-unsaturated/α-hetero) is 1. The van der Waals surface area contributed by atoms with E-state index in [1.165, 1.54) is 6.07 Å². The monoisotopic (exact) mass is 351 g/mol. The summed E-state index contributed by atoms with van der Waals surface area (Å²) < 4.78 is 44.2. The van der Waals surface area contributed by atoms with Crippen LogP contribution < -0.4 is 9.64 Å². The van der Waals surface area contributed by atoms with Gasteiger partial charge in [0.25, 0.3) is 0 Å². The lowest BCUT2D eigenvalue weighted by Gasteiger charge is -2.31. The molecule has 2 aromatic carbocycles. The van der Waals surface area contributed by atoms with E-state index in [1.54, 1.807) is 24.3 Å². The van der Waals surface area contributed by atoms with Crippen LogP contribution in [0.2, 0.25) is 0 Å². The summed E-state index contributed by atoms with van der Waals surface area (Å²) in [5.41, 5.74) is 0.785. The standard InChI is InChI=1S/C18H16F3NO3/c19-18(20,21)14-3-1-2-12(8-14)10-22-6-7-25-17-5-4-13(9-15(17)22)16(24)11-23/h1-5,8-9,23H,6-7,10-11H2. The van der Waals surface area contributed by atoms with Gasteiger partial charge in [-0.05, 0) is 35.9 Å². The Bertz CT molecular complexity index is 789. The van der Waals surface area contributed by atoms with Gasteiger partial charge in [-0.15, -0.1) is 0 Å². The van der Waals surface area contributed by atoms with Gasteiger partial charge in [-0.1, -0.05) is 12.1 Å². The van der Waals surface area contributed by atoms with E-state index in [2.05, 4.69) is 0 Å². The lowest BCUT2D eigenvalue weighted by Crippen LogP contribution is -2.32. The highest BCUT2D eigenvalue weighted by Crippen LogP contribution is 2.34. The second kappa shape index (κ2) is 6.76. The van der Waals surface area contributed by atoms with Crippen LogP contribution in [0.1, 0.15) is 21.5 Å². The number of anilines is 1. The largest absolute Gasteiger partial charge is 0.490 e. The second-order valence-corrected chi connectivity index (χ2v) is 5.73. The van der Waals surface area contributed by atoms with Crippen LogP contribution in [-0.2, 0) is 12.7 Å². The van der Waals surface area contributed by atoms with E-state index in [4.69, 9.17) is 9.84 Å². The van der Waals surface area contributed by atoms with Gasteiger partial charge in [-0.25, -0.2) is 0 Å². The minimum atomic E-state index is -4.39. The number of alkyl halides is 3. The first kappa shape index (κ1) is 17.3. The maximum atomic E-state index is 12.9. The minimum Gasteiger partial charge on any atom is -0.490 e. The van der Waals surface area contributed by atoms with Crippen LogP contribution in [0.25, 0.3) is 0 Å². The quantitative estimate of drug-likeness (QED) is 0.859. The van der Waals surface area contributed by atoms with E-state index in [-0.39, 0.29) is 6.54 Å². The Labute approximate surface area is 142 Å². The maximum Gasteiger partial charge on any atom is 0.416 e. The molecular weight excluding hydrogens is 335 g/mol. The van der Waals surface area contributed by atoms with E-state index in [9.17, 15) is 18.0 Å². The summed E-state index contributed by atoms with van der Waals surface area (Å²) in [6.07, 6.45) is -4.39. The maximum absolute atomic E-state index is 12.9. The van der Waals surface area contributed by atoms with Gasteiger partial charge in [0.2, 0.25) is 0 Å². The number of aliphatic hydroxyl groups excluding tert-OH is 1. The molecule has 25 heavy (non-hydrogen) atoms. The Morgan fingerprint density at radius 3 is 2.72 bits per heavy atom. The molecule has 3 rings (SSSR count). The number of halogens is 3. The fourth-order valence-electron chi connectivity index (χ4n) is 2.77. The number of nitrogens with zero attached hydrogens (tertiary/aromatic N) is 1. The van der Waals surface area contributed by atoms with E-state index in [1.807, 2.05) is 4.90 Å². The Kier molecular flexibility index (Phi) is 4.67. The number of hydrogen-bond acceptors (Lipinski definition) is 4. The first-order valence-electron chi connectivity index (χ1n) is 7.70. The lowest BCUT2D eigenvalue weighted by molar-refractivity contribution is -0.137.